The average Bonchev–Trinajstić information content (AvgIpc) is 2.38. The molecule has 0 aliphatic rings. The molecule has 2 aromatic carbocycles. The summed E-state index contributed by atoms with van der Waals surface area (Å²) < 4.78 is 31.7. The predicted octanol–water partition coefficient (Wildman–Crippen LogP) is 3.42. The van der Waals surface area contributed by atoms with Crippen LogP contribution >= 0.6 is 0 Å². The van der Waals surface area contributed by atoms with Crippen LogP contribution in [0.1, 0.15) is 18.1 Å². The van der Waals surface area contributed by atoms with Crippen LogP contribution in [0.2, 0.25) is 0 Å². The third-order valence-corrected chi connectivity index (χ3v) is 3.21. The lowest BCUT2D eigenvalue weighted by Crippen LogP contribution is -2.24. The maximum Gasteiger partial charge on any atom is 0.165 e. The van der Waals surface area contributed by atoms with Gasteiger partial charge in [-0.1, -0.05) is 18.2 Å². The Bertz CT molecular complexity index is 609. The zero-order chi connectivity index (χ0) is 14.8. The van der Waals surface area contributed by atoms with Crippen molar-refractivity contribution in [3.05, 3.63) is 65.2 Å². The van der Waals surface area contributed by atoms with Gasteiger partial charge >= 0.3 is 0 Å². The van der Waals surface area contributed by atoms with Gasteiger partial charge in [-0.3, -0.25) is 0 Å². The summed E-state index contributed by atoms with van der Waals surface area (Å²) >= 11 is 0. The van der Waals surface area contributed by atoms with Gasteiger partial charge < -0.3 is 9.84 Å². The molecule has 0 aliphatic heterocycles. The second kappa shape index (κ2) is 5.59. The minimum Gasteiger partial charge on any atom is -0.494 e. The van der Waals surface area contributed by atoms with Crippen LogP contribution < -0.4 is 4.74 Å². The summed E-state index contributed by atoms with van der Waals surface area (Å²) in [6.07, 6.45) is 0.178. The highest BCUT2D eigenvalue weighted by atomic mass is 19.1. The van der Waals surface area contributed by atoms with Crippen LogP contribution in [-0.4, -0.2) is 12.2 Å². The lowest BCUT2D eigenvalue weighted by Gasteiger charge is -2.24. The van der Waals surface area contributed by atoms with E-state index in [0.29, 0.717) is 11.1 Å². The van der Waals surface area contributed by atoms with Crippen LogP contribution in [0.15, 0.2) is 42.5 Å². The van der Waals surface area contributed by atoms with Crippen LogP contribution in [0.4, 0.5) is 8.78 Å². The minimum atomic E-state index is -1.27. The van der Waals surface area contributed by atoms with E-state index in [1.807, 2.05) is 0 Å². The van der Waals surface area contributed by atoms with Crippen molar-refractivity contribution in [3.8, 4) is 5.75 Å². The van der Waals surface area contributed by atoms with E-state index in [-0.39, 0.29) is 12.2 Å². The van der Waals surface area contributed by atoms with Crippen LogP contribution in [0.3, 0.4) is 0 Å². The molecular formula is C16H16F2O2. The van der Waals surface area contributed by atoms with Gasteiger partial charge in [0, 0.05) is 6.42 Å². The van der Waals surface area contributed by atoms with Gasteiger partial charge in [0.05, 0.1) is 12.7 Å². The Labute approximate surface area is 116 Å². The van der Waals surface area contributed by atoms with Gasteiger partial charge in [0.2, 0.25) is 0 Å². The molecule has 1 N–H and O–H groups in total. The summed E-state index contributed by atoms with van der Waals surface area (Å²) in [5, 5.41) is 10.5. The molecule has 0 amide bonds. The third-order valence-electron chi connectivity index (χ3n) is 3.21. The molecule has 0 fully saturated rings. The van der Waals surface area contributed by atoms with Crippen molar-refractivity contribution in [2.75, 3.05) is 7.11 Å². The quantitative estimate of drug-likeness (QED) is 0.928. The van der Waals surface area contributed by atoms with E-state index < -0.39 is 17.2 Å². The van der Waals surface area contributed by atoms with Gasteiger partial charge in [-0.25, -0.2) is 8.78 Å². The predicted molar refractivity (Wildman–Crippen MR) is 72.6 cm³/mol. The van der Waals surface area contributed by atoms with Crippen molar-refractivity contribution in [2.45, 2.75) is 18.9 Å². The van der Waals surface area contributed by atoms with Crippen molar-refractivity contribution < 1.29 is 18.6 Å². The summed E-state index contributed by atoms with van der Waals surface area (Å²) in [6, 6.07) is 10.3. The lowest BCUT2D eigenvalue weighted by atomic mass is 9.89. The van der Waals surface area contributed by atoms with Crippen LogP contribution in [0.5, 0.6) is 5.75 Å². The van der Waals surface area contributed by atoms with Crippen molar-refractivity contribution in [1.29, 1.82) is 0 Å². The smallest absolute Gasteiger partial charge is 0.165 e. The van der Waals surface area contributed by atoms with Crippen LogP contribution in [0.25, 0.3) is 0 Å². The van der Waals surface area contributed by atoms with Crippen molar-refractivity contribution in [1.82, 2.24) is 0 Å². The van der Waals surface area contributed by atoms with Gasteiger partial charge in [-0.05, 0) is 42.3 Å². The van der Waals surface area contributed by atoms with E-state index in [1.165, 1.54) is 37.4 Å². The van der Waals surface area contributed by atoms with Crippen molar-refractivity contribution >= 4 is 0 Å². The van der Waals surface area contributed by atoms with Gasteiger partial charge in [-0.15, -0.1) is 0 Å². The summed E-state index contributed by atoms with van der Waals surface area (Å²) in [5.74, 6) is -0.747. The highest BCUT2D eigenvalue weighted by Crippen LogP contribution is 2.27. The molecule has 106 valence electrons. The Morgan fingerprint density at radius 3 is 2.50 bits per heavy atom. The normalized spacial score (nSPS) is 13.8. The molecule has 0 saturated heterocycles. The van der Waals surface area contributed by atoms with Gasteiger partial charge in [-0.2, -0.15) is 0 Å². The topological polar surface area (TPSA) is 29.5 Å². The maximum absolute atomic E-state index is 13.6. The molecule has 2 aromatic rings. The fourth-order valence-electron chi connectivity index (χ4n) is 2.14. The minimum absolute atomic E-state index is 0.152. The molecule has 0 spiro atoms. The van der Waals surface area contributed by atoms with E-state index in [2.05, 4.69) is 0 Å². The zero-order valence-electron chi connectivity index (χ0n) is 11.4. The number of halogens is 2. The molecule has 0 radical (unpaired) electrons. The number of ether oxygens (including phenoxy) is 1. The standard InChI is InChI=1S/C16H16F2O2/c1-16(19,12-4-3-5-13(17)9-12)10-11-6-7-15(20-2)14(18)8-11/h3-9,19H,10H2,1-2H3. The fourth-order valence-corrected chi connectivity index (χ4v) is 2.14. The molecule has 0 heterocycles. The number of aliphatic hydroxyl groups is 1. The molecule has 1 unspecified atom stereocenters. The summed E-state index contributed by atoms with van der Waals surface area (Å²) in [5.41, 5.74) is -0.213. The van der Waals surface area contributed by atoms with Crippen LogP contribution in [-0.2, 0) is 12.0 Å². The molecule has 0 aromatic heterocycles. The third kappa shape index (κ3) is 3.14. The molecule has 0 aliphatic carbocycles. The molecule has 20 heavy (non-hydrogen) atoms. The molecule has 0 saturated carbocycles. The monoisotopic (exact) mass is 278 g/mol. The Hall–Kier alpha value is -1.94. The Morgan fingerprint density at radius 1 is 1.15 bits per heavy atom. The van der Waals surface area contributed by atoms with E-state index in [0.717, 1.165) is 0 Å². The van der Waals surface area contributed by atoms with Crippen LogP contribution in [0, 0.1) is 11.6 Å². The Balaban J connectivity index is 2.26. The van der Waals surface area contributed by atoms with E-state index in [4.69, 9.17) is 4.74 Å². The zero-order valence-corrected chi connectivity index (χ0v) is 11.4. The highest BCUT2D eigenvalue weighted by Gasteiger charge is 2.24. The number of hydrogen-bond acceptors (Lipinski definition) is 2. The van der Waals surface area contributed by atoms with E-state index in [9.17, 15) is 13.9 Å². The first-order valence-corrected chi connectivity index (χ1v) is 6.23. The summed E-state index contributed by atoms with van der Waals surface area (Å²) in [7, 11) is 1.39. The summed E-state index contributed by atoms with van der Waals surface area (Å²) in [4.78, 5) is 0. The van der Waals surface area contributed by atoms with Crippen molar-refractivity contribution in [2.24, 2.45) is 0 Å². The number of methoxy groups -OCH3 is 1. The Kier molecular flexibility index (Phi) is 4.04. The molecule has 2 rings (SSSR count). The van der Waals surface area contributed by atoms with Gasteiger partial charge in [0.25, 0.3) is 0 Å². The Morgan fingerprint density at radius 2 is 1.90 bits per heavy atom. The van der Waals surface area contributed by atoms with E-state index in [1.54, 1.807) is 19.1 Å². The second-order valence-electron chi connectivity index (χ2n) is 4.93. The highest BCUT2D eigenvalue weighted by molar-refractivity contribution is 5.32. The van der Waals surface area contributed by atoms with Gasteiger partial charge in [0.1, 0.15) is 5.82 Å². The second-order valence-corrected chi connectivity index (χ2v) is 4.93. The SMILES string of the molecule is COc1ccc(CC(C)(O)c2cccc(F)c2)cc1F. The molecule has 4 heteroatoms. The first-order valence-electron chi connectivity index (χ1n) is 6.23. The number of rotatable bonds is 4. The number of hydrogen-bond donors (Lipinski definition) is 1. The molecule has 1 atom stereocenters. The number of benzene rings is 2. The van der Waals surface area contributed by atoms with Crippen molar-refractivity contribution in [3.63, 3.8) is 0 Å². The first kappa shape index (κ1) is 14.5. The largest absolute Gasteiger partial charge is 0.494 e. The maximum atomic E-state index is 13.6. The fraction of sp³-hybridized carbons (Fsp3) is 0.250. The molecule has 2 nitrogen and oxygen atoms in total. The first-order chi connectivity index (χ1) is 9.42. The molecular weight excluding hydrogens is 262 g/mol. The average molecular weight is 278 g/mol. The molecule has 0 bridgehead atoms. The summed E-state index contributed by atoms with van der Waals surface area (Å²) in [6.45, 7) is 1.57. The van der Waals surface area contributed by atoms with E-state index >= 15 is 0 Å². The van der Waals surface area contributed by atoms with Gasteiger partial charge in [0.15, 0.2) is 11.6 Å². The lowest BCUT2D eigenvalue weighted by molar-refractivity contribution is 0.0572.